The molecule has 1 aromatic heterocycles. The molecule has 1 aromatic rings. The summed E-state index contributed by atoms with van der Waals surface area (Å²) in [4.78, 5) is 4.15. The van der Waals surface area contributed by atoms with Gasteiger partial charge in [0, 0.05) is 12.4 Å². The van der Waals surface area contributed by atoms with E-state index in [1.165, 1.54) is 11.1 Å². The van der Waals surface area contributed by atoms with Crippen LogP contribution in [0.2, 0.25) is 0 Å². The lowest BCUT2D eigenvalue weighted by Crippen LogP contribution is -2.22. The number of likely N-dealkylation sites (N-methyl/N-ethyl adjacent to an activating group) is 1. The molecule has 1 N–H and O–H groups in total. The molecule has 2 heteroatoms. The topological polar surface area (TPSA) is 24.9 Å². The molecule has 14 heavy (non-hydrogen) atoms. The molecule has 0 fully saturated rings. The first kappa shape index (κ1) is 10.9. The van der Waals surface area contributed by atoms with E-state index in [0.717, 1.165) is 12.1 Å². The van der Waals surface area contributed by atoms with Crippen LogP contribution in [0.15, 0.2) is 30.6 Å². The quantitative estimate of drug-likeness (QED) is 0.738. The molecule has 1 rings (SSSR count). The predicted molar refractivity (Wildman–Crippen MR) is 60.2 cm³/mol. The standard InChI is InChI=1S/C12H18N2/c1-5-14-12(9(2)3)11-8-13-7-6-10(11)4/h6-8,12,14H,2,5H2,1,3-4H3. The summed E-state index contributed by atoms with van der Waals surface area (Å²) in [5, 5.41) is 3.40. The second-order valence-corrected chi connectivity index (χ2v) is 3.57. The number of aryl methyl sites for hydroxylation is 1. The fraction of sp³-hybridized carbons (Fsp3) is 0.417. The number of nitrogens with one attached hydrogen (secondary N) is 1. The molecule has 1 heterocycles. The van der Waals surface area contributed by atoms with Crippen molar-refractivity contribution >= 4 is 0 Å². The molecular weight excluding hydrogens is 172 g/mol. The van der Waals surface area contributed by atoms with Gasteiger partial charge in [-0.1, -0.05) is 19.1 Å². The Morgan fingerprint density at radius 1 is 1.64 bits per heavy atom. The van der Waals surface area contributed by atoms with Gasteiger partial charge in [-0.3, -0.25) is 4.98 Å². The highest BCUT2D eigenvalue weighted by molar-refractivity contribution is 5.30. The Balaban J connectivity index is 2.99. The Hall–Kier alpha value is -1.15. The van der Waals surface area contributed by atoms with Gasteiger partial charge in [-0.25, -0.2) is 0 Å². The van der Waals surface area contributed by atoms with Crippen molar-refractivity contribution in [3.05, 3.63) is 41.7 Å². The number of aromatic nitrogens is 1. The molecule has 76 valence electrons. The Bertz CT molecular complexity index is 318. The van der Waals surface area contributed by atoms with E-state index in [2.05, 4.69) is 30.7 Å². The van der Waals surface area contributed by atoms with Gasteiger partial charge in [0.25, 0.3) is 0 Å². The molecule has 0 saturated heterocycles. The zero-order chi connectivity index (χ0) is 10.6. The molecule has 0 amide bonds. The van der Waals surface area contributed by atoms with Crippen molar-refractivity contribution in [3.63, 3.8) is 0 Å². The number of hydrogen-bond acceptors (Lipinski definition) is 2. The predicted octanol–water partition coefficient (Wildman–Crippen LogP) is 2.62. The third-order valence-corrected chi connectivity index (χ3v) is 2.29. The third kappa shape index (κ3) is 2.42. The average Bonchev–Trinajstić information content (AvgIpc) is 2.15. The second kappa shape index (κ2) is 4.91. The maximum atomic E-state index is 4.15. The molecule has 1 atom stereocenters. The Kier molecular flexibility index (Phi) is 3.84. The second-order valence-electron chi connectivity index (χ2n) is 3.57. The van der Waals surface area contributed by atoms with Crippen LogP contribution >= 0.6 is 0 Å². The highest BCUT2D eigenvalue weighted by Crippen LogP contribution is 2.21. The molecule has 0 bridgehead atoms. The van der Waals surface area contributed by atoms with Crippen molar-refractivity contribution in [1.82, 2.24) is 10.3 Å². The van der Waals surface area contributed by atoms with E-state index < -0.39 is 0 Å². The lowest BCUT2D eigenvalue weighted by Gasteiger charge is -2.19. The monoisotopic (exact) mass is 190 g/mol. The summed E-state index contributed by atoms with van der Waals surface area (Å²) in [5.41, 5.74) is 3.61. The maximum Gasteiger partial charge on any atom is 0.0548 e. The minimum Gasteiger partial charge on any atom is -0.307 e. The fourth-order valence-electron chi connectivity index (χ4n) is 1.53. The molecule has 1 unspecified atom stereocenters. The summed E-state index contributed by atoms with van der Waals surface area (Å²) in [6.45, 7) is 11.2. The first-order chi connectivity index (χ1) is 6.66. The SMILES string of the molecule is C=C(C)C(NCC)c1cnccc1C. The molecule has 0 saturated carbocycles. The fourth-order valence-corrected chi connectivity index (χ4v) is 1.53. The molecule has 0 aromatic carbocycles. The molecule has 0 aliphatic heterocycles. The van der Waals surface area contributed by atoms with Crippen LogP contribution in [0.5, 0.6) is 0 Å². The van der Waals surface area contributed by atoms with Crippen LogP contribution in [0.3, 0.4) is 0 Å². The minimum absolute atomic E-state index is 0.230. The minimum atomic E-state index is 0.230. The van der Waals surface area contributed by atoms with Gasteiger partial charge in [0.2, 0.25) is 0 Å². The van der Waals surface area contributed by atoms with E-state index in [9.17, 15) is 0 Å². The summed E-state index contributed by atoms with van der Waals surface area (Å²) >= 11 is 0. The summed E-state index contributed by atoms with van der Waals surface area (Å²) in [6, 6.07) is 2.26. The molecule has 0 aliphatic carbocycles. The highest BCUT2D eigenvalue weighted by atomic mass is 14.9. The summed E-state index contributed by atoms with van der Waals surface area (Å²) < 4.78 is 0. The van der Waals surface area contributed by atoms with Gasteiger partial charge in [0.15, 0.2) is 0 Å². The Morgan fingerprint density at radius 2 is 2.36 bits per heavy atom. The average molecular weight is 190 g/mol. The first-order valence-corrected chi connectivity index (χ1v) is 4.96. The number of rotatable bonds is 4. The van der Waals surface area contributed by atoms with Gasteiger partial charge in [-0.05, 0) is 37.6 Å². The first-order valence-electron chi connectivity index (χ1n) is 4.96. The highest BCUT2D eigenvalue weighted by Gasteiger charge is 2.12. The van der Waals surface area contributed by atoms with Crippen molar-refractivity contribution in [2.45, 2.75) is 26.8 Å². The zero-order valence-electron chi connectivity index (χ0n) is 9.17. The lowest BCUT2D eigenvalue weighted by atomic mass is 9.99. The maximum absolute atomic E-state index is 4.15. The van der Waals surface area contributed by atoms with E-state index >= 15 is 0 Å². The van der Waals surface area contributed by atoms with E-state index in [0.29, 0.717) is 0 Å². The van der Waals surface area contributed by atoms with Gasteiger partial charge in [-0.2, -0.15) is 0 Å². The zero-order valence-corrected chi connectivity index (χ0v) is 9.17. The van der Waals surface area contributed by atoms with Crippen LogP contribution < -0.4 is 5.32 Å². The summed E-state index contributed by atoms with van der Waals surface area (Å²) in [7, 11) is 0. The van der Waals surface area contributed by atoms with Crippen LogP contribution in [0.1, 0.15) is 31.0 Å². The van der Waals surface area contributed by atoms with Crippen LogP contribution in [-0.2, 0) is 0 Å². The van der Waals surface area contributed by atoms with Crippen LogP contribution in [-0.4, -0.2) is 11.5 Å². The number of nitrogens with zero attached hydrogens (tertiary/aromatic N) is 1. The number of pyridine rings is 1. The molecule has 2 nitrogen and oxygen atoms in total. The van der Waals surface area contributed by atoms with E-state index in [4.69, 9.17) is 0 Å². The van der Waals surface area contributed by atoms with Crippen LogP contribution in [0, 0.1) is 6.92 Å². The van der Waals surface area contributed by atoms with Gasteiger partial charge in [0.1, 0.15) is 0 Å². The van der Waals surface area contributed by atoms with Gasteiger partial charge in [0.05, 0.1) is 6.04 Å². The van der Waals surface area contributed by atoms with Crippen molar-refractivity contribution in [2.24, 2.45) is 0 Å². The van der Waals surface area contributed by atoms with Crippen molar-refractivity contribution in [2.75, 3.05) is 6.54 Å². The molecule has 0 spiro atoms. The van der Waals surface area contributed by atoms with E-state index in [-0.39, 0.29) is 6.04 Å². The molecular formula is C12H18N2. The van der Waals surface area contributed by atoms with Crippen LogP contribution in [0.4, 0.5) is 0 Å². The van der Waals surface area contributed by atoms with Crippen LogP contribution in [0.25, 0.3) is 0 Å². The largest absolute Gasteiger partial charge is 0.307 e. The van der Waals surface area contributed by atoms with Crippen molar-refractivity contribution in [1.29, 1.82) is 0 Å². The third-order valence-electron chi connectivity index (χ3n) is 2.29. The number of hydrogen-bond donors (Lipinski definition) is 1. The van der Waals surface area contributed by atoms with Gasteiger partial charge >= 0.3 is 0 Å². The van der Waals surface area contributed by atoms with Gasteiger partial charge < -0.3 is 5.32 Å². The van der Waals surface area contributed by atoms with Crippen molar-refractivity contribution in [3.8, 4) is 0 Å². The Morgan fingerprint density at radius 3 is 2.86 bits per heavy atom. The summed E-state index contributed by atoms with van der Waals surface area (Å²) in [6.07, 6.45) is 3.73. The summed E-state index contributed by atoms with van der Waals surface area (Å²) in [5.74, 6) is 0. The Labute approximate surface area is 86.1 Å². The molecule has 0 radical (unpaired) electrons. The lowest BCUT2D eigenvalue weighted by molar-refractivity contribution is 0.616. The normalized spacial score (nSPS) is 12.5. The van der Waals surface area contributed by atoms with Gasteiger partial charge in [-0.15, -0.1) is 0 Å². The smallest absolute Gasteiger partial charge is 0.0548 e. The molecule has 0 aliphatic rings. The van der Waals surface area contributed by atoms with Crippen molar-refractivity contribution < 1.29 is 0 Å². The van der Waals surface area contributed by atoms with E-state index in [1.54, 1.807) is 0 Å². The van der Waals surface area contributed by atoms with E-state index in [1.807, 2.05) is 25.4 Å².